The van der Waals surface area contributed by atoms with Crippen LogP contribution in [0.2, 0.25) is 0 Å². The van der Waals surface area contributed by atoms with Crippen molar-refractivity contribution < 1.29 is 9.18 Å². The Bertz CT molecular complexity index is 711. The molecule has 0 saturated carbocycles. The smallest absolute Gasteiger partial charge is 0.272 e. The van der Waals surface area contributed by atoms with Crippen molar-refractivity contribution in [1.29, 1.82) is 0 Å². The van der Waals surface area contributed by atoms with E-state index >= 15 is 0 Å². The third-order valence-corrected chi connectivity index (χ3v) is 4.93. The maximum atomic E-state index is 13.0. The number of hydrogen-bond acceptors (Lipinski definition) is 3. The number of carbonyl (C=O) groups is 1. The Morgan fingerprint density at radius 2 is 2.23 bits per heavy atom. The van der Waals surface area contributed by atoms with Crippen LogP contribution in [-0.2, 0) is 11.8 Å². The van der Waals surface area contributed by atoms with Crippen molar-refractivity contribution in [2.45, 2.75) is 31.1 Å². The van der Waals surface area contributed by atoms with Gasteiger partial charge in [0.1, 0.15) is 11.5 Å². The number of halogens is 1. The molecule has 2 aliphatic rings. The van der Waals surface area contributed by atoms with Crippen molar-refractivity contribution in [3.63, 3.8) is 0 Å². The molecule has 1 saturated heterocycles. The molecule has 1 aliphatic carbocycles. The number of nitrogens with zero attached hydrogens (tertiary/aromatic N) is 3. The van der Waals surface area contributed by atoms with E-state index in [1.54, 1.807) is 0 Å². The molecule has 1 amide bonds. The number of nitrogens with one attached hydrogen (secondary N) is 1. The second-order valence-corrected chi connectivity index (χ2v) is 6.24. The van der Waals surface area contributed by atoms with Gasteiger partial charge in [-0.1, -0.05) is 0 Å². The molecule has 1 spiro atoms. The molecular formula is C16H17FN4O. The van der Waals surface area contributed by atoms with Gasteiger partial charge in [0, 0.05) is 24.2 Å². The average Bonchev–Trinajstić information content (AvgIpc) is 3.13. The number of amides is 1. The molecule has 0 aromatic carbocycles. The highest BCUT2D eigenvalue weighted by atomic mass is 19.1. The highest BCUT2D eigenvalue weighted by Crippen LogP contribution is 2.43. The van der Waals surface area contributed by atoms with Crippen LogP contribution >= 0.6 is 0 Å². The largest absolute Gasteiger partial charge is 0.336 e. The van der Waals surface area contributed by atoms with Crippen LogP contribution in [0.15, 0.2) is 24.5 Å². The minimum atomic E-state index is -0.426. The lowest BCUT2D eigenvalue weighted by Crippen LogP contribution is -2.48. The number of aryl methyl sites for hydroxylation is 1. The first-order valence-corrected chi connectivity index (χ1v) is 7.62. The highest BCUT2D eigenvalue weighted by Gasteiger charge is 2.44. The van der Waals surface area contributed by atoms with Crippen molar-refractivity contribution in [2.75, 3.05) is 13.1 Å². The maximum absolute atomic E-state index is 13.0. The Kier molecular flexibility index (Phi) is 2.99. The molecule has 1 aliphatic heterocycles. The molecule has 1 fully saturated rings. The van der Waals surface area contributed by atoms with Gasteiger partial charge in [0.05, 0.1) is 12.4 Å². The van der Waals surface area contributed by atoms with Crippen LogP contribution in [0.4, 0.5) is 4.39 Å². The van der Waals surface area contributed by atoms with E-state index in [4.69, 9.17) is 0 Å². The average molecular weight is 300 g/mol. The van der Waals surface area contributed by atoms with E-state index in [1.165, 1.54) is 23.4 Å². The van der Waals surface area contributed by atoms with Crippen molar-refractivity contribution >= 4 is 5.91 Å². The molecule has 3 heterocycles. The Morgan fingerprint density at radius 1 is 1.32 bits per heavy atom. The van der Waals surface area contributed by atoms with Gasteiger partial charge >= 0.3 is 0 Å². The summed E-state index contributed by atoms with van der Waals surface area (Å²) in [5.41, 5.74) is 2.77. The first-order valence-electron chi connectivity index (χ1n) is 7.62. The van der Waals surface area contributed by atoms with E-state index in [0.29, 0.717) is 12.2 Å². The monoisotopic (exact) mass is 300 g/mol. The fourth-order valence-corrected chi connectivity index (χ4v) is 3.84. The Hall–Kier alpha value is -2.24. The first-order chi connectivity index (χ1) is 10.7. The molecule has 2 aromatic rings. The number of fused-ring (bicyclic) bond motifs is 2. The third kappa shape index (κ3) is 2.01. The van der Waals surface area contributed by atoms with Crippen LogP contribution in [-0.4, -0.2) is 39.1 Å². The van der Waals surface area contributed by atoms with Crippen molar-refractivity contribution in [3.05, 3.63) is 47.3 Å². The van der Waals surface area contributed by atoms with E-state index in [0.717, 1.165) is 38.4 Å². The molecule has 114 valence electrons. The van der Waals surface area contributed by atoms with Crippen molar-refractivity contribution in [1.82, 2.24) is 20.1 Å². The van der Waals surface area contributed by atoms with Crippen molar-refractivity contribution in [2.24, 2.45) is 0 Å². The first kappa shape index (κ1) is 13.4. The van der Waals surface area contributed by atoms with E-state index in [2.05, 4.69) is 15.2 Å². The number of rotatable bonds is 1. The minimum Gasteiger partial charge on any atom is -0.336 e. The highest BCUT2D eigenvalue weighted by molar-refractivity contribution is 5.92. The summed E-state index contributed by atoms with van der Waals surface area (Å²) in [5.74, 6) is -0.545. The maximum Gasteiger partial charge on any atom is 0.272 e. The SMILES string of the molecule is O=C(c1ccc(F)cn1)N1CCCC2(CCc3cn[nH]c32)C1. The lowest BCUT2D eigenvalue weighted by molar-refractivity contribution is 0.0627. The normalized spacial score (nSPS) is 23.8. The summed E-state index contributed by atoms with van der Waals surface area (Å²) in [7, 11) is 0. The Labute approximate surface area is 127 Å². The van der Waals surface area contributed by atoms with Gasteiger partial charge in [0.2, 0.25) is 0 Å². The number of pyridine rings is 1. The van der Waals surface area contributed by atoms with Gasteiger partial charge in [0.25, 0.3) is 5.91 Å². The summed E-state index contributed by atoms with van der Waals surface area (Å²) < 4.78 is 13.0. The summed E-state index contributed by atoms with van der Waals surface area (Å²) >= 11 is 0. The summed E-state index contributed by atoms with van der Waals surface area (Å²) in [4.78, 5) is 18.4. The number of piperidine rings is 1. The lowest BCUT2D eigenvalue weighted by Gasteiger charge is -2.40. The van der Waals surface area contributed by atoms with Gasteiger partial charge in [-0.2, -0.15) is 5.10 Å². The van der Waals surface area contributed by atoms with Crippen LogP contribution in [0.3, 0.4) is 0 Å². The summed E-state index contributed by atoms with van der Waals surface area (Å²) in [5, 5.41) is 7.28. The molecule has 5 nitrogen and oxygen atoms in total. The Morgan fingerprint density at radius 3 is 3.05 bits per heavy atom. The van der Waals surface area contributed by atoms with Gasteiger partial charge in [-0.15, -0.1) is 0 Å². The van der Waals surface area contributed by atoms with E-state index in [9.17, 15) is 9.18 Å². The second kappa shape index (κ2) is 4.90. The molecule has 22 heavy (non-hydrogen) atoms. The standard InChI is InChI=1S/C16H17FN4O/c17-12-2-3-13(18-9-12)15(22)21-7-1-5-16(10-21)6-4-11-8-19-20-14(11)16/h2-3,8-9H,1,4-7,10H2,(H,19,20). The van der Waals surface area contributed by atoms with Crippen LogP contribution in [0, 0.1) is 5.82 Å². The van der Waals surface area contributed by atoms with E-state index in [-0.39, 0.29) is 11.3 Å². The zero-order chi connectivity index (χ0) is 15.2. The molecule has 4 rings (SSSR count). The van der Waals surface area contributed by atoms with E-state index < -0.39 is 5.82 Å². The quantitative estimate of drug-likeness (QED) is 0.877. The van der Waals surface area contributed by atoms with Gasteiger partial charge < -0.3 is 4.90 Å². The van der Waals surface area contributed by atoms with Crippen LogP contribution in [0.1, 0.15) is 41.0 Å². The molecular weight excluding hydrogens is 283 g/mol. The Balaban J connectivity index is 1.59. The molecule has 1 N–H and O–H groups in total. The number of H-pyrrole nitrogens is 1. The topological polar surface area (TPSA) is 61.9 Å². The molecule has 6 heteroatoms. The fraction of sp³-hybridized carbons (Fsp3) is 0.438. The molecule has 0 radical (unpaired) electrons. The van der Waals surface area contributed by atoms with Gasteiger partial charge in [-0.3, -0.25) is 9.89 Å². The van der Waals surface area contributed by atoms with Gasteiger partial charge in [-0.25, -0.2) is 9.37 Å². The summed E-state index contributed by atoms with van der Waals surface area (Å²) in [6, 6.07) is 2.73. The number of aromatic nitrogens is 3. The molecule has 1 unspecified atom stereocenters. The predicted octanol–water partition coefficient (Wildman–Crippen LogP) is 2.06. The van der Waals surface area contributed by atoms with Gasteiger partial charge in [-0.05, 0) is 43.4 Å². The van der Waals surface area contributed by atoms with E-state index in [1.807, 2.05) is 11.1 Å². The molecule has 1 atom stereocenters. The van der Waals surface area contributed by atoms with Crippen LogP contribution < -0.4 is 0 Å². The number of carbonyl (C=O) groups excluding carboxylic acids is 1. The fourth-order valence-electron chi connectivity index (χ4n) is 3.84. The van der Waals surface area contributed by atoms with Crippen molar-refractivity contribution in [3.8, 4) is 0 Å². The lowest BCUT2D eigenvalue weighted by atomic mass is 9.77. The second-order valence-electron chi connectivity index (χ2n) is 6.24. The number of likely N-dealkylation sites (tertiary alicyclic amines) is 1. The molecule has 0 bridgehead atoms. The predicted molar refractivity (Wildman–Crippen MR) is 77.9 cm³/mol. The number of aromatic amines is 1. The van der Waals surface area contributed by atoms with Gasteiger partial charge in [0.15, 0.2) is 0 Å². The minimum absolute atomic E-state index is 0.000225. The third-order valence-electron chi connectivity index (χ3n) is 4.93. The summed E-state index contributed by atoms with van der Waals surface area (Å²) in [6.45, 7) is 1.41. The molecule has 2 aromatic heterocycles. The zero-order valence-corrected chi connectivity index (χ0v) is 12.2. The van der Waals surface area contributed by atoms with Crippen LogP contribution in [0.25, 0.3) is 0 Å². The number of hydrogen-bond donors (Lipinski definition) is 1. The summed E-state index contributed by atoms with van der Waals surface area (Å²) in [6.07, 6.45) is 7.09. The van der Waals surface area contributed by atoms with Crippen LogP contribution in [0.5, 0.6) is 0 Å². The zero-order valence-electron chi connectivity index (χ0n) is 12.2.